The van der Waals surface area contributed by atoms with Crippen LogP contribution in [-0.4, -0.2) is 74.0 Å². The first-order valence-electron chi connectivity index (χ1n) is 13.8. The first kappa shape index (κ1) is 31.3. The van der Waals surface area contributed by atoms with Crippen molar-refractivity contribution in [1.29, 1.82) is 0 Å². The number of anilines is 1. The molecule has 2 aromatic rings. The maximum Gasteiger partial charge on any atom is 0.411 e. The van der Waals surface area contributed by atoms with Crippen LogP contribution in [0.3, 0.4) is 0 Å². The van der Waals surface area contributed by atoms with Crippen molar-refractivity contribution >= 4 is 52.5 Å². The minimum absolute atomic E-state index is 0.0751. The second kappa shape index (κ2) is 14.1. The van der Waals surface area contributed by atoms with Crippen molar-refractivity contribution in [3.8, 4) is 11.5 Å². The fourth-order valence-electron chi connectivity index (χ4n) is 5.18. The third kappa shape index (κ3) is 7.83. The number of nitrogens with zero attached hydrogens (tertiary/aromatic N) is 2. The first-order chi connectivity index (χ1) is 19.6. The lowest BCUT2D eigenvalue weighted by molar-refractivity contribution is -0.140. The summed E-state index contributed by atoms with van der Waals surface area (Å²) >= 11 is 18.7. The topological polar surface area (TPSA) is 106 Å². The number of carbonyl (C=O) groups excluding carboxylic acids is 2. The van der Waals surface area contributed by atoms with Gasteiger partial charge >= 0.3 is 6.09 Å². The molecular formula is C29H37Cl3N4O5. The van der Waals surface area contributed by atoms with E-state index in [-0.39, 0.29) is 24.5 Å². The molecule has 2 aliphatic heterocycles. The zero-order valence-electron chi connectivity index (χ0n) is 23.4. The number of nitrogens with two attached hydrogens (primary N) is 1. The maximum absolute atomic E-state index is 13.2. The molecule has 2 heterocycles. The highest BCUT2D eigenvalue weighted by Crippen LogP contribution is 2.34. The van der Waals surface area contributed by atoms with E-state index in [1.807, 2.05) is 6.92 Å². The van der Waals surface area contributed by atoms with Gasteiger partial charge in [0, 0.05) is 38.8 Å². The standard InChI is InChI=1S/C29H37Cl3N4O5/c1-29(41-28(38)35-11-4-3-5-12-35,18-40-24-8-6-7-21(30)26(24)32)36-13-9-19(10-14-36)17-34-27(37)20-15-22(31)23(33)16-25(20)39-2/h6-8,15-16,19H,3-5,9-14,17-18,33H2,1-2H3,(H,34,37). The predicted molar refractivity (Wildman–Crippen MR) is 161 cm³/mol. The summed E-state index contributed by atoms with van der Waals surface area (Å²) in [6.07, 6.45) is 4.26. The van der Waals surface area contributed by atoms with Gasteiger partial charge in [-0.15, -0.1) is 0 Å². The fourth-order valence-corrected chi connectivity index (χ4v) is 5.69. The van der Waals surface area contributed by atoms with Gasteiger partial charge in [0.25, 0.3) is 5.91 Å². The van der Waals surface area contributed by atoms with Gasteiger partial charge in [-0.05, 0) is 63.1 Å². The third-order valence-corrected chi connectivity index (χ3v) is 8.86. The molecule has 2 aromatic carbocycles. The molecule has 224 valence electrons. The highest BCUT2D eigenvalue weighted by molar-refractivity contribution is 6.42. The van der Waals surface area contributed by atoms with Gasteiger partial charge in [-0.1, -0.05) is 40.9 Å². The van der Waals surface area contributed by atoms with E-state index in [4.69, 9.17) is 54.7 Å². The molecule has 0 saturated carbocycles. The number of likely N-dealkylation sites (tertiary alicyclic amines) is 2. The normalized spacial score (nSPS) is 17.9. The Hall–Kier alpha value is -2.59. The number of ether oxygens (including phenoxy) is 3. The van der Waals surface area contributed by atoms with Crippen LogP contribution in [0.4, 0.5) is 10.5 Å². The van der Waals surface area contributed by atoms with Gasteiger partial charge in [0.15, 0.2) is 5.72 Å². The van der Waals surface area contributed by atoms with Crippen LogP contribution < -0.4 is 20.5 Å². The first-order valence-corrected chi connectivity index (χ1v) is 15.0. The highest BCUT2D eigenvalue weighted by Gasteiger charge is 2.40. The van der Waals surface area contributed by atoms with Gasteiger partial charge in [0.2, 0.25) is 0 Å². The van der Waals surface area contributed by atoms with Crippen molar-refractivity contribution in [2.24, 2.45) is 5.92 Å². The predicted octanol–water partition coefficient (Wildman–Crippen LogP) is 6.10. The molecule has 0 radical (unpaired) electrons. The van der Waals surface area contributed by atoms with Crippen LogP contribution in [0, 0.1) is 5.92 Å². The van der Waals surface area contributed by atoms with Crippen LogP contribution in [-0.2, 0) is 4.74 Å². The number of halogens is 3. The van der Waals surface area contributed by atoms with Gasteiger partial charge in [-0.25, -0.2) is 4.79 Å². The summed E-state index contributed by atoms with van der Waals surface area (Å²) in [5.41, 5.74) is 5.48. The molecule has 2 amide bonds. The van der Waals surface area contributed by atoms with Crippen LogP contribution in [0.15, 0.2) is 30.3 Å². The van der Waals surface area contributed by atoms with Crippen LogP contribution in [0.25, 0.3) is 0 Å². The lowest BCUT2D eigenvalue weighted by Gasteiger charge is -2.44. The Kier molecular flexibility index (Phi) is 10.7. The number of nitrogen functional groups attached to an aromatic ring is 1. The molecule has 41 heavy (non-hydrogen) atoms. The van der Waals surface area contributed by atoms with Gasteiger partial charge in [-0.3, -0.25) is 9.69 Å². The second-order valence-electron chi connectivity index (χ2n) is 10.6. The molecule has 0 aromatic heterocycles. The van der Waals surface area contributed by atoms with E-state index < -0.39 is 5.72 Å². The Balaban J connectivity index is 1.39. The third-order valence-electron chi connectivity index (χ3n) is 7.73. The van der Waals surface area contributed by atoms with E-state index in [1.54, 1.807) is 29.2 Å². The lowest BCUT2D eigenvalue weighted by Crippen LogP contribution is -2.58. The van der Waals surface area contributed by atoms with Crippen molar-refractivity contribution in [3.63, 3.8) is 0 Å². The Morgan fingerprint density at radius 3 is 2.41 bits per heavy atom. The number of hydrogen-bond acceptors (Lipinski definition) is 7. The fraction of sp³-hybridized carbons (Fsp3) is 0.517. The van der Waals surface area contributed by atoms with E-state index in [0.717, 1.165) is 32.1 Å². The quantitative estimate of drug-likeness (QED) is 0.324. The van der Waals surface area contributed by atoms with Crippen LogP contribution in [0.5, 0.6) is 11.5 Å². The summed E-state index contributed by atoms with van der Waals surface area (Å²) in [5.74, 6) is 0.745. The lowest BCUT2D eigenvalue weighted by atomic mass is 9.95. The van der Waals surface area contributed by atoms with Crippen LogP contribution in [0.1, 0.15) is 49.4 Å². The van der Waals surface area contributed by atoms with Gasteiger partial charge in [0.1, 0.15) is 23.1 Å². The average Bonchev–Trinajstić information content (AvgIpc) is 2.98. The summed E-state index contributed by atoms with van der Waals surface area (Å²) in [7, 11) is 1.48. The number of nitrogens with one attached hydrogen (secondary N) is 1. The van der Waals surface area contributed by atoms with E-state index in [9.17, 15) is 9.59 Å². The number of methoxy groups -OCH3 is 1. The van der Waals surface area contributed by atoms with Crippen LogP contribution in [0.2, 0.25) is 15.1 Å². The maximum atomic E-state index is 13.2. The molecule has 0 bridgehead atoms. The molecular weight excluding hydrogens is 591 g/mol. The van der Waals surface area contributed by atoms with Gasteiger partial charge in [-0.2, -0.15) is 0 Å². The second-order valence-corrected chi connectivity index (χ2v) is 11.8. The molecule has 3 N–H and O–H groups in total. The number of piperidine rings is 2. The number of benzene rings is 2. The van der Waals surface area contributed by atoms with Gasteiger partial charge < -0.3 is 30.2 Å². The summed E-state index contributed by atoms with van der Waals surface area (Å²) in [5, 5.41) is 3.99. The molecule has 12 heteroatoms. The SMILES string of the molecule is COc1cc(N)c(Cl)cc1C(=O)NCC1CCN(C(C)(COc2cccc(Cl)c2Cl)OC(=O)N2CCCCC2)CC1. The Bertz CT molecular complexity index is 1240. The monoisotopic (exact) mass is 626 g/mol. The summed E-state index contributed by atoms with van der Waals surface area (Å²) < 4.78 is 17.5. The van der Waals surface area contributed by atoms with E-state index in [2.05, 4.69) is 10.2 Å². The highest BCUT2D eigenvalue weighted by atomic mass is 35.5. The largest absolute Gasteiger partial charge is 0.496 e. The number of carbonyl (C=O) groups is 2. The molecule has 0 spiro atoms. The van der Waals surface area contributed by atoms with E-state index in [0.29, 0.717) is 70.5 Å². The Morgan fingerprint density at radius 2 is 1.73 bits per heavy atom. The molecule has 9 nitrogen and oxygen atoms in total. The molecule has 2 aliphatic rings. The van der Waals surface area contributed by atoms with Crippen molar-refractivity contribution in [2.45, 2.75) is 44.8 Å². The van der Waals surface area contributed by atoms with Crippen molar-refractivity contribution < 1.29 is 23.8 Å². The molecule has 1 atom stereocenters. The van der Waals surface area contributed by atoms with Crippen molar-refractivity contribution in [3.05, 3.63) is 51.0 Å². The van der Waals surface area contributed by atoms with Crippen LogP contribution >= 0.6 is 34.8 Å². The van der Waals surface area contributed by atoms with Crippen molar-refractivity contribution in [1.82, 2.24) is 15.1 Å². The summed E-state index contributed by atoms with van der Waals surface area (Å²) in [4.78, 5) is 29.9. The number of amides is 2. The molecule has 1 unspecified atom stereocenters. The minimum atomic E-state index is -1.04. The summed E-state index contributed by atoms with van der Waals surface area (Å²) in [6.45, 7) is 5.08. The minimum Gasteiger partial charge on any atom is -0.496 e. The molecule has 2 saturated heterocycles. The average molecular weight is 628 g/mol. The Labute approximate surface area is 256 Å². The zero-order chi connectivity index (χ0) is 29.6. The molecule has 2 fully saturated rings. The Morgan fingerprint density at radius 1 is 1.02 bits per heavy atom. The number of hydrogen-bond donors (Lipinski definition) is 2. The zero-order valence-corrected chi connectivity index (χ0v) is 25.7. The molecule has 4 rings (SSSR count). The molecule has 0 aliphatic carbocycles. The smallest absolute Gasteiger partial charge is 0.411 e. The number of rotatable bonds is 9. The van der Waals surface area contributed by atoms with E-state index >= 15 is 0 Å². The van der Waals surface area contributed by atoms with Gasteiger partial charge in [0.05, 0.1) is 28.4 Å². The van der Waals surface area contributed by atoms with Crippen molar-refractivity contribution in [2.75, 3.05) is 52.2 Å². The summed E-state index contributed by atoms with van der Waals surface area (Å²) in [6, 6.07) is 8.24. The van der Waals surface area contributed by atoms with E-state index in [1.165, 1.54) is 13.2 Å².